The molecule has 0 unspecified atom stereocenters. The molecule has 1 heterocycles. The highest BCUT2D eigenvalue weighted by atomic mass is 16.5. The lowest BCUT2D eigenvalue weighted by molar-refractivity contribution is 0.0535. The largest absolute Gasteiger partial charge is 0.497 e. The van der Waals surface area contributed by atoms with E-state index in [9.17, 15) is 9.59 Å². The molecule has 1 aliphatic carbocycles. The van der Waals surface area contributed by atoms with Crippen molar-refractivity contribution in [1.82, 2.24) is 9.80 Å². The van der Waals surface area contributed by atoms with Crippen LogP contribution in [0.4, 0.5) is 0 Å². The lowest BCUT2D eigenvalue weighted by atomic mass is 9.84. The van der Waals surface area contributed by atoms with E-state index in [0.717, 1.165) is 11.3 Å². The summed E-state index contributed by atoms with van der Waals surface area (Å²) >= 11 is 0. The van der Waals surface area contributed by atoms with Crippen LogP contribution in [0.3, 0.4) is 0 Å². The third-order valence-electron chi connectivity index (χ3n) is 6.43. The van der Waals surface area contributed by atoms with E-state index in [1.54, 1.807) is 31.4 Å². The molecule has 0 aromatic heterocycles. The number of nitrogens with zero attached hydrogens (tertiary/aromatic N) is 2. The van der Waals surface area contributed by atoms with Crippen LogP contribution >= 0.6 is 0 Å². The van der Waals surface area contributed by atoms with E-state index in [4.69, 9.17) is 4.74 Å². The van der Waals surface area contributed by atoms with Crippen LogP contribution in [0.5, 0.6) is 5.75 Å². The Morgan fingerprint density at radius 1 is 0.733 bits per heavy atom. The summed E-state index contributed by atoms with van der Waals surface area (Å²) in [6, 6.07) is 15.4. The molecule has 1 saturated carbocycles. The molecule has 2 fully saturated rings. The molecule has 2 amide bonds. The second kappa shape index (κ2) is 9.33. The van der Waals surface area contributed by atoms with Gasteiger partial charge in [0.2, 0.25) is 0 Å². The van der Waals surface area contributed by atoms with E-state index in [1.807, 2.05) is 21.9 Å². The molecular weight excluding hydrogens is 376 g/mol. The molecule has 5 heteroatoms. The van der Waals surface area contributed by atoms with Crippen molar-refractivity contribution in [3.05, 3.63) is 65.2 Å². The van der Waals surface area contributed by atoms with Crippen LogP contribution in [0.25, 0.3) is 0 Å². The van der Waals surface area contributed by atoms with Crippen molar-refractivity contribution < 1.29 is 14.3 Å². The highest BCUT2D eigenvalue weighted by molar-refractivity contribution is 5.96. The zero-order valence-corrected chi connectivity index (χ0v) is 17.7. The summed E-state index contributed by atoms with van der Waals surface area (Å²) in [5, 5.41) is 0. The van der Waals surface area contributed by atoms with Gasteiger partial charge in [-0.2, -0.15) is 0 Å². The fraction of sp³-hybridized carbons (Fsp3) is 0.440. The Labute approximate surface area is 178 Å². The highest BCUT2D eigenvalue weighted by Gasteiger charge is 2.26. The summed E-state index contributed by atoms with van der Waals surface area (Å²) in [5.74, 6) is 1.44. The Morgan fingerprint density at radius 3 is 1.67 bits per heavy atom. The van der Waals surface area contributed by atoms with Crippen LogP contribution in [0.2, 0.25) is 0 Å². The van der Waals surface area contributed by atoms with E-state index in [1.165, 1.54) is 37.7 Å². The van der Waals surface area contributed by atoms with E-state index >= 15 is 0 Å². The van der Waals surface area contributed by atoms with Gasteiger partial charge in [0.05, 0.1) is 7.11 Å². The molecular formula is C25H30N2O3. The number of amides is 2. The predicted octanol–water partition coefficient (Wildman–Crippen LogP) is 4.34. The maximum absolute atomic E-state index is 12.9. The third kappa shape index (κ3) is 4.50. The van der Waals surface area contributed by atoms with Gasteiger partial charge in [-0.25, -0.2) is 0 Å². The summed E-state index contributed by atoms with van der Waals surface area (Å²) in [5.41, 5.74) is 2.75. The summed E-state index contributed by atoms with van der Waals surface area (Å²) in [4.78, 5) is 29.3. The lowest BCUT2D eigenvalue weighted by Crippen LogP contribution is -2.50. The molecule has 2 aromatic rings. The first-order valence-corrected chi connectivity index (χ1v) is 11.0. The summed E-state index contributed by atoms with van der Waals surface area (Å²) in [6.07, 6.45) is 6.49. The van der Waals surface area contributed by atoms with E-state index in [2.05, 4.69) is 12.1 Å². The number of benzene rings is 2. The van der Waals surface area contributed by atoms with E-state index < -0.39 is 0 Å². The molecule has 0 radical (unpaired) electrons. The Bertz CT molecular complexity index is 862. The number of hydrogen-bond acceptors (Lipinski definition) is 3. The summed E-state index contributed by atoms with van der Waals surface area (Å²) < 4.78 is 5.15. The SMILES string of the molecule is COc1ccc(C(=O)N2CCN(C(=O)c3ccc(C4CCCCC4)cc3)CC2)cc1. The van der Waals surface area contributed by atoms with Crippen LogP contribution in [0, 0.1) is 0 Å². The molecule has 0 atom stereocenters. The monoisotopic (exact) mass is 406 g/mol. The first-order valence-electron chi connectivity index (χ1n) is 11.0. The molecule has 0 spiro atoms. The normalized spacial score (nSPS) is 17.6. The fourth-order valence-electron chi connectivity index (χ4n) is 4.55. The number of piperazine rings is 1. The van der Waals surface area contributed by atoms with Crippen molar-refractivity contribution >= 4 is 11.8 Å². The Morgan fingerprint density at radius 2 is 1.20 bits per heavy atom. The minimum absolute atomic E-state index is 0.00147. The molecule has 30 heavy (non-hydrogen) atoms. The standard InChI is InChI=1S/C25H30N2O3/c1-30-23-13-11-22(12-14-23)25(29)27-17-15-26(16-18-27)24(28)21-9-7-20(8-10-21)19-5-3-2-4-6-19/h7-14,19H,2-6,15-18H2,1H3. The maximum Gasteiger partial charge on any atom is 0.253 e. The van der Waals surface area contributed by atoms with Gasteiger partial charge >= 0.3 is 0 Å². The van der Waals surface area contributed by atoms with Crippen LogP contribution in [-0.2, 0) is 0 Å². The highest BCUT2D eigenvalue weighted by Crippen LogP contribution is 2.32. The maximum atomic E-state index is 12.9. The minimum atomic E-state index is 0.00147. The first-order chi connectivity index (χ1) is 14.7. The summed E-state index contributed by atoms with van der Waals surface area (Å²) in [7, 11) is 1.61. The number of carbonyl (C=O) groups is 2. The van der Waals surface area contributed by atoms with E-state index in [-0.39, 0.29) is 11.8 Å². The molecule has 2 aliphatic rings. The Balaban J connectivity index is 1.33. The lowest BCUT2D eigenvalue weighted by Gasteiger charge is -2.35. The zero-order chi connectivity index (χ0) is 20.9. The quantitative estimate of drug-likeness (QED) is 0.759. The van der Waals surface area contributed by atoms with Gasteiger partial charge in [-0.3, -0.25) is 9.59 Å². The molecule has 5 nitrogen and oxygen atoms in total. The first kappa shape index (κ1) is 20.5. The molecule has 0 bridgehead atoms. The number of hydrogen-bond donors (Lipinski definition) is 0. The van der Waals surface area contributed by atoms with Gasteiger partial charge in [0.15, 0.2) is 0 Å². The molecule has 0 N–H and O–H groups in total. The minimum Gasteiger partial charge on any atom is -0.497 e. The van der Waals surface area contributed by atoms with Crippen LogP contribution in [-0.4, -0.2) is 54.9 Å². The Kier molecular flexibility index (Phi) is 6.36. The van der Waals surface area contributed by atoms with Crippen molar-refractivity contribution in [3.8, 4) is 5.75 Å². The van der Waals surface area contributed by atoms with Gasteiger partial charge in [-0.1, -0.05) is 31.4 Å². The second-order valence-corrected chi connectivity index (χ2v) is 8.27. The van der Waals surface area contributed by atoms with Crippen molar-refractivity contribution in [2.75, 3.05) is 33.3 Å². The predicted molar refractivity (Wildman–Crippen MR) is 117 cm³/mol. The molecule has 2 aromatic carbocycles. The molecule has 1 aliphatic heterocycles. The Hall–Kier alpha value is -2.82. The zero-order valence-electron chi connectivity index (χ0n) is 17.7. The van der Waals surface area contributed by atoms with Gasteiger partial charge in [0.25, 0.3) is 11.8 Å². The van der Waals surface area contributed by atoms with Gasteiger partial charge < -0.3 is 14.5 Å². The van der Waals surface area contributed by atoms with Gasteiger partial charge in [0, 0.05) is 37.3 Å². The van der Waals surface area contributed by atoms with Gasteiger partial charge in [0.1, 0.15) is 5.75 Å². The topological polar surface area (TPSA) is 49.9 Å². The average molecular weight is 407 g/mol. The summed E-state index contributed by atoms with van der Waals surface area (Å²) in [6.45, 7) is 2.23. The average Bonchev–Trinajstić information content (AvgIpc) is 2.84. The number of methoxy groups -OCH3 is 1. The molecule has 4 rings (SSSR count). The van der Waals surface area contributed by atoms with Crippen molar-refractivity contribution in [1.29, 1.82) is 0 Å². The second-order valence-electron chi connectivity index (χ2n) is 8.27. The molecule has 158 valence electrons. The van der Waals surface area contributed by atoms with Crippen molar-refractivity contribution in [3.63, 3.8) is 0 Å². The van der Waals surface area contributed by atoms with Gasteiger partial charge in [-0.05, 0) is 60.7 Å². The van der Waals surface area contributed by atoms with Crippen LogP contribution < -0.4 is 4.74 Å². The fourth-order valence-corrected chi connectivity index (χ4v) is 4.55. The van der Waals surface area contributed by atoms with Crippen molar-refractivity contribution in [2.45, 2.75) is 38.0 Å². The number of ether oxygens (including phenoxy) is 1. The van der Waals surface area contributed by atoms with Crippen LogP contribution in [0.1, 0.15) is 64.3 Å². The van der Waals surface area contributed by atoms with E-state index in [0.29, 0.717) is 37.7 Å². The number of rotatable bonds is 4. The molecule has 1 saturated heterocycles. The number of carbonyl (C=O) groups excluding carboxylic acids is 2. The van der Waals surface area contributed by atoms with Crippen molar-refractivity contribution in [2.24, 2.45) is 0 Å². The van der Waals surface area contributed by atoms with Crippen LogP contribution in [0.15, 0.2) is 48.5 Å². The van der Waals surface area contributed by atoms with Gasteiger partial charge in [-0.15, -0.1) is 0 Å². The smallest absolute Gasteiger partial charge is 0.253 e. The third-order valence-corrected chi connectivity index (χ3v) is 6.43.